The lowest BCUT2D eigenvalue weighted by atomic mass is 10.1. The molecular formula is C21H27N3O2. The van der Waals surface area contributed by atoms with E-state index in [1.165, 1.54) is 11.1 Å². The molecule has 1 atom stereocenters. The van der Waals surface area contributed by atoms with E-state index in [2.05, 4.69) is 37.5 Å². The summed E-state index contributed by atoms with van der Waals surface area (Å²) in [5.41, 5.74) is 10.9. The lowest BCUT2D eigenvalue weighted by Crippen LogP contribution is -2.18. The number of hydrogen-bond donors (Lipinski definition) is 1. The van der Waals surface area contributed by atoms with Crippen molar-refractivity contribution < 1.29 is 9.47 Å². The van der Waals surface area contributed by atoms with E-state index in [9.17, 15) is 0 Å². The van der Waals surface area contributed by atoms with Crippen LogP contribution in [0.25, 0.3) is 11.0 Å². The molecular weight excluding hydrogens is 326 g/mol. The Morgan fingerprint density at radius 3 is 2.38 bits per heavy atom. The molecule has 0 saturated heterocycles. The maximum Gasteiger partial charge on any atom is 0.126 e. The van der Waals surface area contributed by atoms with Crippen LogP contribution in [-0.4, -0.2) is 23.3 Å². The predicted octanol–water partition coefficient (Wildman–Crippen LogP) is 4.15. The molecule has 5 heteroatoms. The summed E-state index contributed by atoms with van der Waals surface area (Å²) in [7, 11) is 1.65. The van der Waals surface area contributed by atoms with Crippen LogP contribution in [-0.2, 0) is 6.54 Å². The molecule has 26 heavy (non-hydrogen) atoms. The molecule has 3 aromatic rings. The fourth-order valence-corrected chi connectivity index (χ4v) is 3.03. The summed E-state index contributed by atoms with van der Waals surface area (Å²) in [5, 5.41) is 0. The Hall–Kier alpha value is -2.53. The summed E-state index contributed by atoms with van der Waals surface area (Å²) in [6.07, 6.45) is 0.848. The number of nitrogens with zero attached hydrogens (tertiary/aromatic N) is 2. The molecule has 5 nitrogen and oxygen atoms in total. The minimum absolute atomic E-state index is 0.0796. The third kappa shape index (κ3) is 3.68. The van der Waals surface area contributed by atoms with E-state index < -0.39 is 0 Å². The average Bonchev–Trinajstić information content (AvgIpc) is 2.99. The van der Waals surface area contributed by atoms with Gasteiger partial charge in [-0.15, -0.1) is 0 Å². The molecule has 0 aliphatic heterocycles. The zero-order valence-corrected chi connectivity index (χ0v) is 16.0. The summed E-state index contributed by atoms with van der Waals surface area (Å²) in [5.74, 6) is 2.56. The number of aromatic nitrogens is 2. The fraction of sp³-hybridized carbons (Fsp3) is 0.381. The van der Waals surface area contributed by atoms with Crippen LogP contribution in [0.5, 0.6) is 11.5 Å². The highest BCUT2D eigenvalue weighted by Crippen LogP contribution is 2.25. The van der Waals surface area contributed by atoms with Gasteiger partial charge in [0.05, 0.1) is 30.7 Å². The second kappa shape index (κ2) is 7.79. The van der Waals surface area contributed by atoms with E-state index in [-0.39, 0.29) is 6.04 Å². The van der Waals surface area contributed by atoms with Crippen molar-refractivity contribution in [3.05, 3.63) is 53.3 Å². The Labute approximate surface area is 154 Å². The van der Waals surface area contributed by atoms with Gasteiger partial charge in [0.1, 0.15) is 23.9 Å². The van der Waals surface area contributed by atoms with Gasteiger partial charge in [-0.2, -0.15) is 0 Å². The summed E-state index contributed by atoms with van der Waals surface area (Å²) < 4.78 is 13.3. The highest BCUT2D eigenvalue weighted by Gasteiger charge is 2.16. The van der Waals surface area contributed by atoms with Crippen molar-refractivity contribution in [1.29, 1.82) is 0 Å². The Balaban J connectivity index is 1.83. The zero-order valence-electron chi connectivity index (χ0n) is 16.0. The number of rotatable bonds is 7. The summed E-state index contributed by atoms with van der Waals surface area (Å²) in [4.78, 5) is 4.80. The van der Waals surface area contributed by atoms with Crippen molar-refractivity contribution in [2.75, 3.05) is 13.7 Å². The number of benzene rings is 2. The second-order valence-corrected chi connectivity index (χ2v) is 6.59. The Kier molecular flexibility index (Phi) is 5.47. The quantitative estimate of drug-likeness (QED) is 0.693. The van der Waals surface area contributed by atoms with Crippen molar-refractivity contribution in [2.45, 2.75) is 39.8 Å². The number of hydrogen-bond acceptors (Lipinski definition) is 4. The molecule has 0 radical (unpaired) electrons. The molecule has 0 aliphatic rings. The van der Waals surface area contributed by atoms with Crippen LogP contribution in [0.1, 0.15) is 36.3 Å². The van der Waals surface area contributed by atoms with Crippen LogP contribution in [0.2, 0.25) is 0 Å². The standard InChI is InChI=1S/C21H27N3O2/c1-5-18(22)21-23-19-12-14(2)15(3)13-20(19)24(21)10-11-26-17-8-6-16(25-4)7-9-17/h6-9,12-13,18H,5,10-11,22H2,1-4H3. The van der Waals surface area contributed by atoms with Gasteiger partial charge < -0.3 is 19.8 Å². The largest absolute Gasteiger partial charge is 0.497 e. The highest BCUT2D eigenvalue weighted by atomic mass is 16.5. The summed E-state index contributed by atoms with van der Waals surface area (Å²) in [6.45, 7) is 7.57. The fourth-order valence-electron chi connectivity index (χ4n) is 3.03. The van der Waals surface area contributed by atoms with Gasteiger partial charge in [-0.25, -0.2) is 4.98 Å². The van der Waals surface area contributed by atoms with Crippen molar-refractivity contribution in [3.63, 3.8) is 0 Å². The first kappa shape index (κ1) is 18.3. The smallest absolute Gasteiger partial charge is 0.126 e. The van der Waals surface area contributed by atoms with Crippen molar-refractivity contribution >= 4 is 11.0 Å². The summed E-state index contributed by atoms with van der Waals surface area (Å²) in [6, 6.07) is 11.9. The minimum Gasteiger partial charge on any atom is -0.497 e. The maximum atomic E-state index is 6.31. The molecule has 0 bridgehead atoms. The van der Waals surface area contributed by atoms with Gasteiger partial charge in [-0.05, 0) is 67.8 Å². The van der Waals surface area contributed by atoms with Crippen LogP contribution in [0.15, 0.2) is 36.4 Å². The summed E-state index contributed by atoms with van der Waals surface area (Å²) >= 11 is 0. The average molecular weight is 353 g/mol. The van der Waals surface area contributed by atoms with Crippen LogP contribution in [0.4, 0.5) is 0 Å². The van der Waals surface area contributed by atoms with Crippen molar-refractivity contribution in [1.82, 2.24) is 9.55 Å². The van der Waals surface area contributed by atoms with Gasteiger partial charge >= 0.3 is 0 Å². The third-order valence-corrected chi connectivity index (χ3v) is 4.81. The van der Waals surface area contributed by atoms with Gasteiger partial charge in [0.15, 0.2) is 0 Å². The molecule has 0 fully saturated rings. The second-order valence-electron chi connectivity index (χ2n) is 6.59. The highest BCUT2D eigenvalue weighted by molar-refractivity contribution is 5.78. The normalized spacial score (nSPS) is 12.3. The molecule has 0 aliphatic carbocycles. The van der Waals surface area contributed by atoms with E-state index in [0.717, 1.165) is 34.8 Å². The molecule has 0 spiro atoms. The number of ether oxygens (including phenoxy) is 2. The van der Waals surface area contributed by atoms with Gasteiger partial charge in [-0.3, -0.25) is 0 Å². The number of aryl methyl sites for hydroxylation is 2. The van der Waals surface area contributed by atoms with E-state index in [0.29, 0.717) is 13.2 Å². The van der Waals surface area contributed by atoms with Crippen LogP contribution >= 0.6 is 0 Å². The molecule has 1 unspecified atom stereocenters. The van der Waals surface area contributed by atoms with Crippen molar-refractivity contribution in [3.8, 4) is 11.5 Å². The molecule has 0 amide bonds. The SMILES string of the molecule is CCC(N)c1nc2cc(C)c(C)cc2n1CCOc1ccc(OC)cc1. The van der Waals surface area contributed by atoms with Crippen LogP contribution < -0.4 is 15.2 Å². The van der Waals surface area contributed by atoms with E-state index in [4.69, 9.17) is 20.2 Å². The Morgan fingerprint density at radius 2 is 1.73 bits per heavy atom. The Morgan fingerprint density at radius 1 is 1.08 bits per heavy atom. The van der Waals surface area contributed by atoms with Crippen LogP contribution in [0.3, 0.4) is 0 Å². The zero-order chi connectivity index (χ0) is 18.7. The number of imidazole rings is 1. The minimum atomic E-state index is -0.0796. The topological polar surface area (TPSA) is 62.3 Å². The van der Waals surface area contributed by atoms with Gasteiger partial charge in [0.2, 0.25) is 0 Å². The lowest BCUT2D eigenvalue weighted by molar-refractivity contribution is 0.296. The molecule has 1 aromatic heterocycles. The first-order chi connectivity index (χ1) is 12.5. The molecule has 2 N–H and O–H groups in total. The van der Waals surface area contributed by atoms with Gasteiger partial charge in [0, 0.05) is 0 Å². The number of methoxy groups -OCH3 is 1. The predicted molar refractivity (Wildman–Crippen MR) is 105 cm³/mol. The van der Waals surface area contributed by atoms with Crippen molar-refractivity contribution in [2.24, 2.45) is 5.73 Å². The molecule has 0 saturated carbocycles. The van der Waals surface area contributed by atoms with Crippen LogP contribution in [0, 0.1) is 13.8 Å². The monoisotopic (exact) mass is 353 g/mol. The number of fused-ring (bicyclic) bond motifs is 1. The maximum absolute atomic E-state index is 6.31. The first-order valence-electron chi connectivity index (χ1n) is 9.03. The molecule has 2 aromatic carbocycles. The van der Waals surface area contributed by atoms with E-state index >= 15 is 0 Å². The Bertz CT molecular complexity index is 884. The molecule has 3 rings (SSSR count). The third-order valence-electron chi connectivity index (χ3n) is 4.81. The van der Waals surface area contributed by atoms with E-state index in [1.54, 1.807) is 7.11 Å². The lowest BCUT2D eigenvalue weighted by Gasteiger charge is -2.14. The molecule has 1 heterocycles. The van der Waals surface area contributed by atoms with Gasteiger partial charge in [-0.1, -0.05) is 6.92 Å². The first-order valence-corrected chi connectivity index (χ1v) is 9.03. The number of nitrogens with two attached hydrogens (primary N) is 1. The molecule has 138 valence electrons. The van der Waals surface area contributed by atoms with Gasteiger partial charge in [0.25, 0.3) is 0 Å². The van der Waals surface area contributed by atoms with E-state index in [1.807, 2.05) is 24.3 Å².